The van der Waals surface area contributed by atoms with Crippen LogP contribution in [0.15, 0.2) is 84.9 Å². The summed E-state index contributed by atoms with van der Waals surface area (Å²) < 4.78 is -3.16. The Hall–Kier alpha value is -1.79. The molecule has 4 aromatic rings. The molecule has 3 aromatic carbocycles. The third kappa shape index (κ3) is 7.60. The molecule has 1 aromatic heterocycles. The molecular formula is C25H18Cl6N4. The Kier molecular flexibility index (Phi) is 8.32. The predicted molar refractivity (Wildman–Crippen MR) is 148 cm³/mol. The van der Waals surface area contributed by atoms with Crippen molar-refractivity contribution in [3.05, 3.63) is 96.6 Å². The molecule has 0 aliphatic rings. The van der Waals surface area contributed by atoms with Crippen molar-refractivity contribution in [2.24, 2.45) is 0 Å². The lowest BCUT2D eigenvalue weighted by atomic mass is 10.1. The number of benzene rings is 3. The van der Waals surface area contributed by atoms with Gasteiger partial charge in [-0.2, -0.15) is 0 Å². The van der Waals surface area contributed by atoms with Gasteiger partial charge in [-0.1, -0.05) is 106 Å². The molecular weight excluding hydrogens is 569 g/mol. The average Bonchev–Trinajstić information content (AvgIpc) is 2.79. The summed E-state index contributed by atoms with van der Waals surface area (Å²) in [4.78, 5) is 15.5. The molecule has 0 bridgehead atoms. The minimum atomic E-state index is -1.58. The fraction of sp³-hybridized carbons (Fsp3) is 0.160. The Balaban J connectivity index is 1.72. The highest BCUT2D eigenvalue weighted by Gasteiger charge is 2.26. The van der Waals surface area contributed by atoms with Crippen molar-refractivity contribution in [3.63, 3.8) is 0 Å². The molecule has 0 spiro atoms. The van der Waals surface area contributed by atoms with Crippen LogP contribution in [0.25, 0.3) is 11.4 Å². The highest BCUT2D eigenvalue weighted by atomic mass is 35.6. The molecule has 0 aliphatic carbocycles. The molecule has 0 unspecified atom stereocenters. The van der Waals surface area contributed by atoms with Gasteiger partial charge in [0, 0.05) is 22.6 Å². The Labute approximate surface area is 233 Å². The molecule has 0 amide bonds. The Morgan fingerprint density at radius 1 is 0.514 bits per heavy atom. The number of aromatic nitrogens is 3. The number of nitrogens with zero attached hydrogens (tertiary/aromatic N) is 4. The average molecular weight is 587 g/mol. The molecule has 0 saturated heterocycles. The summed E-state index contributed by atoms with van der Waals surface area (Å²) in [5.74, 6) is 0.975. The van der Waals surface area contributed by atoms with E-state index in [1.807, 2.05) is 60.7 Å². The largest absolute Gasteiger partial charge is 0.311 e. The first kappa shape index (κ1) is 26.3. The molecule has 35 heavy (non-hydrogen) atoms. The van der Waals surface area contributed by atoms with Gasteiger partial charge < -0.3 is 4.90 Å². The van der Waals surface area contributed by atoms with Gasteiger partial charge in [-0.05, 0) is 48.5 Å². The molecule has 180 valence electrons. The molecule has 1 heterocycles. The highest BCUT2D eigenvalue weighted by Crippen LogP contribution is 2.36. The second-order valence-corrected chi connectivity index (χ2v) is 12.7. The Morgan fingerprint density at radius 2 is 0.914 bits per heavy atom. The van der Waals surface area contributed by atoms with Gasteiger partial charge in [0.1, 0.15) is 11.6 Å². The molecule has 0 radical (unpaired) electrons. The third-order valence-electron chi connectivity index (χ3n) is 4.86. The minimum Gasteiger partial charge on any atom is -0.311 e. The standard InChI is InChI=1S/C25H18Cl6N4/c26-24(27,28)15-21-32-22(16-25(29,30)31)34-23(33-21)17-11-13-20(14-12-17)35(18-7-3-1-4-8-18)19-9-5-2-6-10-19/h1-14H,15-16H2. The van der Waals surface area contributed by atoms with Crippen LogP contribution < -0.4 is 4.90 Å². The zero-order valence-electron chi connectivity index (χ0n) is 18.1. The van der Waals surface area contributed by atoms with Crippen LogP contribution in [0.2, 0.25) is 0 Å². The fourth-order valence-electron chi connectivity index (χ4n) is 3.48. The molecule has 4 rings (SSSR count). The molecule has 4 nitrogen and oxygen atoms in total. The van der Waals surface area contributed by atoms with E-state index in [9.17, 15) is 0 Å². The number of hydrogen-bond donors (Lipinski definition) is 0. The van der Waals surface area contributed by atoms with E-state index in [1.165, 1.54) is 0 Å². The normalized spacial score (nSPS) is 11.9. The van der Waals surface area contributed by atoms with Crippen molar-refractivity contribution in [2.75, 3.05) is 4.90 Å². The van der Waals surface area contributed by atoms with Crippen LogP contribution in [-0.4, -0.2) is 22.5 Å². The minimum absolute atomic E-state index is 0.0199. The fourth-order valence-corrected chi connectivity index (χ4v) is 4.19. The summed E-state index contributed by atoms with van der Waals surface area (Å²) in [5, 5.41) is 0. The molecule has 0 fully saturated rings. The second-order valence-electron chi connectivity index (χ2n) is 7.63. The van der Waals surface area contributed by atoms with E-state index in [-0.39, 0.29) is 12.8 Å². The van der Waals surface area contributed by atoms with E-state index >= 15 is 0 Å². The van der Waals surface area contributed by atoms with E-state index in [0.717, 1.165) is 22.6 Å². The maximum Gasteiger partial charge on any atom is 0.197 e. The number of alkyl halides is 6. The van der Waals surface area contributed by atoms with Crippen LogP contribution in [-0.2, 0) is 12.8 Å². The SMILES string of the molecule is ClC(Cl)(Cl)Cc1nc(CC(Cl)(Cl)Cl)nc(-c2ccc(N(c3ccccc3)c3ccccc3)cc2)n1. The molecule has 0 saturated carbocycles. The van der Waals surface area contributed by atoms with Crippen LogP contribution in [0.4, 0.5) is 17.1 Å². The maximum absolute atomic E-state index is 5.97. The zero-order valence-corrected chi connectivity index (χ0v) is 22.6. The van der Waals surface area contributed by atoms with Crippen molar-refractivity contribution in [2.45, 2.75) is 20.4 Å². The lowest BCUT2D eigenvalue weighted by Gasteiger charge is -2.25. The number of hydrogen-bond acceptors (Lipinski definition) is 4. The van der Waals surface area contributed by atoms with Crippen molar-refractivity contribution >= 4 is 86.7 Å². The van der Waals surface area contributed by atoms with Crippen molar-refractivity contribution in [3.8, 4) is 11.4 Å². The number of halogens is 6. The zero-order chi connectivity index (χ0) is 25.1. The van der Waals surface area contributed by atoms with E-state index in [0.29, 0.717) is 17.5 Å². The highest BCUT2D eigenvalue weighted by molar-refractivity contribution is 6.68. The maximum atomic E-state index is 5.97. The van der Waals surface area contributed by atoms with Gasteiger partial charge in [0.2, 0.25) is 0 Å². The summed E-state index contributed by atoms with van der Waals surface area (Å²) in [6, 6.07) is 28.0. The van der Waals surface area contributed by atoms with Gasteiger partial charge >= 0.3 is 0 Å². The Bertz CT molecular complexity index is 1180. The first-order chi connectivity index (χ1) is 16.6. The van der Waals surface area contributed by atoms with Gasteiger partial charge in [0.05, 0.1) is 12.8 Å². The Morgan fingerprint density at radius 3 is 1.31 bits per heavy atom. The van der Waals surface area contributed by atoms with Crippen LogP contribution in [0.3, 0.4) is 0 Å². The topological polar surface area (TPSA) is 41.9 Å². The molecule has 10 heteroatoms. The summed E-state index contributed by atoms with van der Waals surface area (Å²) in [5.41, 5.74) is 3.76. The summed E-state index contributed by atoms with van der Waals surface area (Å²) in [6.45, 7) is 0. The molecule has 0 atom stereocenters. The van der Waals surface area contributed by atoms with Crippen LogP contribution in [0, 0.1) is 0 Å². The summed E-state index contributed by atoms with van der Waals surface area (Å²) >= 11 is 35.8. The van der Waals surface area contributed by atoms with Gasteiger partial charge in [0.25, 0.3) is 0 Å². The molecule has 0 N–H and O–H groups in total. The van der Waals surface area contributed by atoms with E-state index in [2.05, 4.69) is 44.1 Å². The lowest BCUT2D eigenvalue weighted by Crippen LogP contribution is -2.16. The summed E-state index contributed by atoms with van der Waals surface area (Å²) in [6.07, 6.45) is -0.0398. The number of anilines is 3. The lowest BCUT2D eigenvalue weighted by molar-refractivity contribution is 0.793. The van der Waals surface area contributed by atoms with Gasteiger partial charge in [-0.15, -0.1) is 0 Å². The number of rotatable bonds is 6. The second kappa shape index (κ2) is 11.1. The van der Waals surface area contributed by atoms with Gasteiger partial charge in [-0.3, -0.25) is 0 Å². The van der Waals surface area contributed by atoms with E-state index in [4.69, 9.17) is 69.6 Å². The number of para-hydroxylation sites is 2. The summed E-state index contributed by atoms with van der Waals surface area (Å²) in [7, 11) is 0. The van der Waals surface area contributed by atoms with Crippen molar-refractivity contribution < 1.29 is 0 Å². The quantitative estimate of drug-likeness (QED) is 0.212. The van der Waals surface area contributed by atoms with Crippen LogP contribution in [0.1, 0.15) is 11.6 Å². The smallest absolute Gasteiger partial charge is 0.197 e. The van der Waals surface area contributed by atoms with Gasteiger partial charge in [0.15, 0.2) is 13.4 Å². The van der Waals surface area contributed by atoms with Crippen molar-refractivity contribution in [1.29, 1.82) is 0 Å². The van der Waals surface area contributed by atoms with E-state index < -0.39 is 7.59 Å². The molecule has 0 aliphatic heterocycles. The monoisotopic (exact) mass is 584 g/mol. The van der Waals surface area contributed by atoms with E-state index in [1.54, 1.807) is 0 Å². The van der Waals surface area contributed by atoms with Crippen molar-refractivity contribution in [1.82, 2.24) is 15.0 Å². The predicted octanol–water partition coefficient (Wildman–Crippen LogP) is 8.83. The first-order valence-corrected chi connectivity index (χ1v) is 12.7. The third-order valence-corrected chi connectivity index (χ3v) is 5.66. The van der Waals surface area contributed by atoms with Crippen LogP contribution in [0.5, 0.6) is 0 Å². The van der Waals surface area contributed by atoms with Gasteiger partial charge in [-0.25, -0.2) is 15.0 Å². The first-order valence-electron chi connectivity index (χ1n) is 10.5. The van der Waals surface area contributed by atoms with Crippen LogP contribution >= 0.6 is 69.6 Å².